The molecule has 1 aliphatic rings. The van der Waals surface area contributed by atoms with E-state index in [0.717, 1.165) is 23.4 Å². The van der Waals surface area contributed by atoms with E-state index in [1.807, 2.05) is 49.5 Å². The Morgan fingerprint density at radius 1 is 1.25 bits per heavy atom. The molecule has 1 aromatic heterocycles. The van der Waals surface area contributed by atoms with Crippen molar-refractivity contribution in [3.63, 3.8) is 0 Å². The molecule has 28 heavy (non-hydrogen) atoms. The van der Waals surface area contributed by atoms with Crippen LogP contribution < -0.4 is 4.74 Å². The largest absolute Gasteiger partial charge is 0.496 e. The molecule has 1 aliphatic heterocycles. The number of methoxy groups -OCH3 is 1. The van der Waals surface area contributed by atoms with Gasteiger partial charge in [0.15, 0.2) is 0 Å². The first-order valence-corrected chi connectivity index (χ1v) is 9.63. The molecule has 3 rings (SSSR count). The van der Waals surface area contributed by atoms with E-state index in [2.05, 4.69) is 4.98 Å². The summed E-state index contributed by atoms with van der Waals surface area (Å²) >= 11 is 0. The van der Waals surface area contributed by atoms with Gasteiger partial charge in [0.25, 0.3) is 0 Å². The first kappa shape index (κ1) is 19.9. The number of benzene rings is 1. The molecule has 0 unspecified atom stereocenters. The molecule has 0 saturated carbocycles. The smallest absolute Gasteiger partial charge is 0.227 e. The van der Waals surface area contributed by atoms with E-state index < -0.39 is 0 Å². The second-order valence-corrected chi connectivity index (χ2v) is 7.15. The normalized spacial score (nSPS) is 16.7. The van der Waals surface area contributed by atoms with Crippen LogP contribution in [0, 0.1) is 5.92 Å². The Morgan fingerprint density at radius 3 is 2.79 bits per heavy atom. The van der Waals surface area contributed by atoms with E-state index in [1.54, 1.807) is 23.1 Å². The minimum Gasteiger partial charge on any atom is -0.496 e. The molecular formula is C22H27N3O3. The van der Waals surface area contributed by atoms with Gasteiger partial charge in [-0.15, -0.1) is 0 Å². The number of hydrogen-bond donors (Lipinski definition) is 0. The number of likely N-dealkylation sites (tertiary alicyclic amines) is 1. The lowest BCUT2D eigenvalue weighted by Crippen LogP contribution is -2.46. The number of aromatic nitrogens is 1. The fraction of sp³-hybridized carbons (Fsp3) is 0.409. The highest BCUT2D eigenvalue weighted by atomic mass is 16.5. The summed E-state index contributed by atoms with van der Waals surface area (Å²) in [6.07, 6.45) is 3.49. The van der Waals surface area contributed by atoms with Gasteiger partial charge in [0, 0.05) is 57.0 Å². The summed E-state index contributed by atoms with van der Waals surface area (Å²) in [4.78, 5) is 33.1. The number of amides is 2. The third-order valence-electron chi connectivity index (χ3n) is 5.21. The maximum atomic E-state index is 12.9. The maximum absolute atomic E-state index is 12.9. The van der Waals surface area contributed by atoms with Gasteiger partial charge in [-0.3, -0.25) is 14.6 Å². The summed E-state index contributed by atoms with van der Waals surface area (Å²) in [6.45, 7) is 1.53. The number of nitrogens with zero attached hydrogens (tertiary/aromatic N) is 3. The Balaban J connectivity index is 1.59. The number of ether oxygens (including phenoxy) is 1. The third kappa shape index (κ3) is 4.88. The molecule has 148 valence electrons. The monoisotopic (exact) mass is 381 g/mol. The Kier molecular flexibility index (Phi) is 6.63. The zero-order chi connectivity index (χ0) is 19.9. The maximum Gasteiger partial charge on any atom is 0.227 e. The molecule has 0 bridgehead atoms. The molecule has 2 aromatic rings. The van der Waals surface area contributed by atoms with E-state index in [4.69, 9.17) is 4.74 Å². The topological polar surface area (TPSA) is 62.7 Å². The predicted molar refractivity (Wildman–Crippen MR) is 107 cm³/mol. The molecule has 1 atom stereocenters. The van der Waals surface area contributed by atoms with E-state index in [1.165, 1.54) is 0 Å². The van der Waals surface area contributed by atoms with Crippen molar-refractivity contribution >= 4 is 11.8 Å². The van der Waals surface area contributed by atoms with Gasteiger partial charge in [-0.2, -0.15) is 0 Å². The molecule has 2 amide bonds. The fourth-order valence-corrected chi connectivity index (χ4v) is 3.56. The van der Waals surface area contributed by atoms with Gasteiger partial charge < -0.3 is 14.5 Å². The van der Waals surface area contributed by atoms with Crippen LogP contribution in [0.2, 0.25) is 0 Å². The SMILES string of the molecule is COc1ccccc1CN1C[C@H](C(=O)N(C)CCc2ccccn2)CCC1=O. The number of likely N-dealkylation sites (N-methyl/N-ethyl adjacent to an activating group) is 1. The molecule has 0 aliphatic carbocycles. The second-order valence-electron chi connectivity index (χ2n) is 7.15. The van der Waals surface area contributed by atoms with Crippen LogP contribution >= 0.6 is 0 Å². The van der Waals surface area contributed by atoms with Crippen molar-refractivity contribution in [2.45, 2.75) is 25.8 Å². The zero-order valence-corrected chi connectivity index (χ0v) is 16.5. The average molecular weight is 381 g/mol. The Morgan fingerprint density at radius 2 is 2.04 bits per heavy atom. The first-order valence-electron chi connectivity index (χ1n) is 9.63. The van der Waals surface area contributed by atoms with Crippen molar-refractivity contribution < 1.29 is 14.3 Å². The van der Waals surface area contributed by atoms with Crippen molar-refractivity contribution in [2.75, 3.05) is 27.2 Å². The van der Waals surface area contributed by atoms with E-state index in [9.17, 15) is 9.59 Å². The molecule has 2 heterocycles. The third-order valence-corrected chi connectivity index (χ3v) is 5.21. The van der Waals surface area contributed by atoms with Gasteiger partial charge >= 0.3 is 0 Å². The lowest BCUT2D eigenvalue weighted by atomic mass is 9.95. The predicted octanol–water partition coefficient (Wildman–Crippen LogP) is 2.53. The highest BCUT2D eigenvalue weighted by Crippen LogP contribution is 2.25. The lowest BCUT2D eigenvalue weighted by Gasteiger charge is -2.34. The highest BCUT2D eigenvalue weighted by Gasteiger charge is 2.32. The number of hydrogen-bond acceptors (Lipinski definition) is 4. The summed E-state index contributed by atoms with van der Waals surface area (Å²) in [7, 11) is 3.45. The number of carbonyl (C=O) groups excluding carboxylic acids is 2. The van der Waals surface area contributed by atoms with Crippen molar-refractivity contribution in [3.8, 4) is 5.75 Å². The number of pyridine rings is 1. The minimum atomic E-state index is -0.166. The van der Waals surface area contributed by atoms with Gasteiger partial charge in [0.1, 0.15) is 5.75 Å². The van der Waals surface area contributed by atoms with Gasteiger partial charge in [-0.25, -0.2) is 0 Å². The van der Waals surface area contributed by atoms with Crippen LogP contribution in [-0.2, 0) is 22.6 Å². The van der Waals surface area contributed by atoms with E-state index >= 15 is 0 Å². The summed E-state index contributed by atoms with van der Waals surface area (Å²) in [5, 5.41) is 0. The summed E-state index contributed by atoms with van der Waals surface area (Å²) < 4.78 is 5.39. The molecule has 6 heteroatoms. The number of para-hydroxylation sites is 1. The van der Waals surface area contributed by atoms with Crippen molar-refractivity contribution in [3.05, 3.63) is 59.9 Å². The summed E-state index contributed by atoms with van der Waals surface area (Å²) in [5.41, 5.74) is 1.92. The molecule has 1 aromatic carbocycles. The Hall–Kier alpha value is -2.89. The molecule has 1 saturated heterocycles. The Bertz CT molecular complexity index is 810. The highest BCUT2D eigenvalue weighted by molar-refractivity contribution is 5.83. The van der Waals surface area contributed by atoms with Crippen LogP contribution in [0.3, 0.4) is 0 Å². The summed E-state index contributed by atoms with van der Waals surface area (Å²) in [5.74, 6) is 0.775. The second kappa shape index (κ2) is 9.35. The quantitative estimate of drug-likeness (QED) is 0.739. The molecule has 6 nitrogen and oxygen atoms in total. The van der Waals surface area contributed by atoms with Crippen LogP contribution in [0.25, 0.3) is 0 Å². The van der Waals surface area contributed by atoms with Crippen LogP contribution in [0.4, 0.5) is 0 Å². The van der Waals surface area contributed by atoms with Crippen LogP contribution in [0.5, 0.6) is 5.75 Å². The van der Waals surface area contributed by atoms with E-state index in [-0.39, 0.29) is 17.7 Å². The summed E-state index contributed by atoms with van der Waals surface area (Å²) in [6, 6.07) is 13.5. The Labute approximate surface area is 166 Å². The van der Waals surface area contributed by atoms with Gasteiger partial charge in [0.05, 0.1) is 13.0 Å². The van der Waals surface area contributed by atoms with E-state index in [0.29, 0.717) is 32.5 Å². The fourth-order valence-electron chi connectivity index (χ4n) is 3.56. The van der Waals surface area contributed by atoms with Gasteiger partial charge in [-0.1, -0.05) is 24.3 Å². The average Bonchev–Trinajstić information content (AvgIpc) is 2.74. The van der Waals surface area contributed by atoms with Crippen molar-refractivity contribution in [2.24, 2.45) is 5.92 Å². The van der Waals surface area contributed by atoms with Gasteiger partial charge in [0.2, 0.25) is 11.8 Å². The first-order chi connectivity index (χ1) is 13.6. The lowest BCUT2D eigenvalue weighted by molar-refractivity contribution is -0.142. The van der Waals surface area contributed by atoms with Crippen molar-refractivity contribution in [1.29, 1.82) is 0 Å². The van der Waals surface area contributed by atoms with Crippen molar-refractivity contribution in [1.82, 2.24) is 14.8 Å². The molecule has 0 N–H and O–H groups in total. The zero-order valence-electron chi connectivity index (χ0n) is 16.5. The molecule has 0 radical (unpaired) electrons. The minimum absolute atomic E-state index is 0.0890. The molecule has 0 spiro atoms. The van der Waals surface area contributed by atoms with Gasteiger partial charge in [-0.05, 0) is 24.6 Å². The molecular weight excluding hydrogens is 354 g/mol. The standard InChI is InChI=1S/C22H27N3O3/c1-24(14-12-19-8-5-6-13-23-19)22(27)18-10-11-21(26)25(16-18)15-17-7-3-4-9-20(17)28-2/h3-9,13,18H,10-12,14-16H2,1-2H3/t18-/m1/s1. The molecule has 1 fully saturated rings. The number of rotatable bonds is 7. The van der Waals surface area contributed by atoms with Crippen LogP contribution in [0.15, 0.2) is 48.7 Å². The number of carbonyl (C=O) groups is 2. The number of piperidine rings is 1. The van der Waals surface area contributed by atoms with Crippen LogP contribution in [0.1, 0.15) is 24.1 Å². The van der Waals surface area contributed by atoms with Crippen LogP contribution in [-0.4, -0.2) is 53.8 Å².